The first-order chi connectivity index (χ1) is 11.3. The van der Waals surface area contributed by atoms with E-state index in [1.807, 2.05) is 39.0 Å². The fraction of sp³-hybridized carbons (Fsp3) is 0.526. The number of amides is 1. The van der Waals surface area contributed by atoms with Crippen LogP contribution in [0, 0.1) is 5.92 Å². The molecule has 1 amide bonds. The van der Waals surface area contributed by atoms with Crippen LogP contribution in [0.25, 0.3) is 10.9 Å². The lowest BCUT2D eigenvalue weighted by molar-refractivity contribution is -0.128. The first kappa shape index (κ1) is 16.7. The van der Waals surface area contributed by atoms with Gasteiger partial charge in [0.2, 0.25) is 5.91 Å². The number of carbonyl (C=O) groups is 1. The van der Waals surface area contributed by atoms with Gasteiger partial charge in [-0.1, -0.05) is 25.0 Å². The van der Waals surface area contributed by atoms with Crippen LogP contribution in [-0.4, -0.2) is 21.4 Å². The van der Waals surface area contributed by atoms with E-state index in [2.05, 4.69) is 15.3 Å². The van der Waals surface area contributed by atoms with Gasteiger partial charge in [0.1, 0.15) is 5.82 Å². The normalized spacial score (nSPS) is 21.6. The van der Waals surface area contributed by atoms with Gasteiger partial charge in [0.05, 0.1) is 10.9 Å². The maximum atomic E-state index is 12.7. The third kappa shape index (κ3) is 3.50. The molecule has 3 rings (SSSR count). The molecular weight excluding hydrogens is 302 g/mol. The molecule has 2 aromatic rings. The van der Waals surface area contributed by atoms with Crippen molar-refractivity contribution in [3.63, 3.8) is 0 Å². The van der Waals surface area contributed by atoms with Crippen LogP contribution in [0.2, 0.25) is 0 Å². The highest BCUT2D eigenvalue weighted by Crippen LogP contribution is 2.36. The largest absolute Gasteiger partial charge is 0.351 e. The summed E-state index contributed by atoms with van der Waals surface area (Å²) in [5, 5.41) is 3.67. The average Bonchev–Trinajstić information content (AvgIpc) is 2.53. The van der Waals surface area contributed by atoms with E-state index in [4.69, 9.17) is 0 Å². The molecule has 128 valence electrons. The lowest BCUT2D eigenvalue weighted by Crippen LogP contribution is -2.46. The molecular formula is C19H25N3O2. The lowest BCUT2D eigenvalue weighted by atomic mass is 9.77. The topological polar surface area (TPSA) is 74.8 Å². The molecule has 2 atom stereocenters. The standard InChI is InChI=1S/C19H25N3O2/c1-19(2,3)22-18(24)13-9-5-4-8-12(13)16-20-15-11-7-6-10-14(15)17(23)21-16/h6-7,10-13H,4-5,8-9H2,1-3H3,(H,22,24)(H,20,21,23)/t12-,13+/m1/s1. The van der Waals surface area contributed by atoms with E-state index in [0.29, 0.717) is 16.7 Å². The van der Waals surface area contributed by atoms with Gasteiger partial charge in [-0.3, -0.25) is 9.59 Å². The number of benzene rings is 1. The van der Waals surface area contributed by atoms with Gasteiger partial charge in [0.15, 0.2) is 0 Å². The van der Waals surface area contributed by atoms with Gasteiger partial charge in [-0.05, 0) is 45.7 Å². The molecule has 5 heteroatoms. The SMILES string of the molecule is CC(C)(C)NC(=O)[C@H]1CCCC[C@H]1c1nc2ccccc2c(=O)[nH]1. The molecule has 1 aromatic heterocycles. The molecule has 0 spiro atoms. The van der Waals surface area contributed by atoms with Crippen molar-refractivity contribution >= 4 is 16.8 Å². The van der Waals surface area contributed by atoms with E-state index < -0.39 is 0 Å². The Kier molecular flexibility index (Phi) is 4.43. The van der Waals surface area contributed by atoms with E-state index in [1.54, 1.807) is 6.07 Å². The molecule has 1 heterocycles. The second-order valence-electron chi connectivity index (χ2n) is 7.71. The summed E-state index contributed by atoms with van der Waals surface area (Å²) in [6.07, 6.45) is 3.81. The predicted molar refractivity (Wildman–Crippen MR) is 95.0 cm³/mol. The van der Waals surface area contributed by atoms with Crippen molar-refractivity contribution in [2.45, 2.75) is 57.9 Å². The molecule has 1 saturated carbocycles. The molecule has 0 radical (unpaired) electrons. The molecule has 0 bridgehead atoms. The van der Waals surface area contributed by atoms with Gasteiger partial charge in [-0.15, -0.1) is 0 Å². The third-order valence-electron chi connectivity index (χ3n) is 4.58. The molecule has 5 nitrogen and oxygen atoms in total. The summed E-state index contributed by atoms with van der Waals surface area (Å²) < 4.78 is 0. The molecule has 1 aliphatic rings. The van der Waals surface area contributed by atoms with E-state index >= 15 is 0 Å². The number of para-hydroxylation sites is 1. The zero-order valence-corrected chi connectivity index (χ0v) is 14.6. The summed E-state index contributed by atoms with van der Waals surface area (Å²) in [4.78, 5) is 32.6. The fourth-order valence-corrected chi connectivity index (χ4v) is 3.51. The molecule has 24 heavy (non-hydrogen) atoms. The van der Waals surface area contributed by atoms with E-state index in [1.165, 1.54) is 0 Å². The molecule has 1 aliphatic carbocycles. The zero-order valence-electron chi connectivity index (χ0n) is 14.6. The summed E-state index contributed by atoms with van der Waals surface area (Å²) in [7, 11) is 0. The first-order valence-electron chi connectivity index (χ1n) is 8.66. The van der Waals surface area contributed by atoms with Gasteiger partial charge in [-0.25, -0.2) is 4.98 Å². The molecule has 1 aromatic carbocycles. The Morgan fingerprint density at radius 1 is 1.21 bits per heavy atom. The van der Waals surface area contributed by atoms with Gasteiger partial charge < -0.3 is 10.3 Å². The van der Waals surface area contributed by atoms with Gasteiger partial charge in [0, 0.05) is 17.4 Å². The molecule has 0 saturated heterocycles. The van der Waals surface area contributed by atoms with E-state index in [0.717, 1.165) is 25.7 Å². The quantitative estimate of drug-likeness (QED) is 0.890. The number of nitrogens with zero attached hydrogens (tertiary/aromatic N) is 1. The summed E-state index contributed by atoms with van der Waals surface area (Å²) in [5.41, 5.74) is 0.302. The number of hydrogen-bond acceptors (Lipinski definition) is 3. The number of aromatic nitrogens is 2. The van der Waals surface area contributed by atoms with E-state index in [-0.39, 0.29) is 28.8 Å². The number of rotatable bonds is 2. The van der Waals surface area contributed by atoms with Crippen molar-refractivity contribution in [3.8, 4) is 0 Å². The maximum Gasteiger partial charge on any atom is 0.258 e. The second kappa shape index (κ2) is 6.38. The van der Waals surface area contributed by atoms with Crippen LogP contribution in [0.4, 0.5) is 0 Å². The van der Waals surface area contributed by atoms with Gasteiger partial charge >= 0.3 is 0 Å². The number of nitrogens with one attached hydrogen (secondary N) is 2. The number of carbonyl (C=O) groups excluding carboxylic acids is 1. The highest BCUT2D eigenvalue weighted by atomic mass is 16.2. The summed E-state index contributed by atoms with van der Waals surface area (Å²) in [6, 6.07) is 7.33. The van der Waals surface area contributed by atoms with Crippen molar-refractivity contribution in [2.24, 2.45) is 5.92 Å². The molecule has 0 aliphatic heterocycles. The number of H-pyrrole nitrogens is 1. The predicted octanol–water partition coefficient (Wildman–Crippen LogP) is 3.11. The minimum atomic E-state index is -0.261. The minimum absolute atomic E-state index is 0.0293. The Hall–Kier alpha value is -2.17. The lowest BCUT2D eigenvalue weighted by Gasteiger charge is -2.32. The van der Waals surface area contributed by atoms with Crippen LogP contribution in [-0.2, 0) is 4.79 Å². The Morgan fingerprint density at radius 2 is 1.92 bits per heavy atom. The van der Waals surface area contributed by atoms with Crippen LogP contribution in [0.15, 0.2) is 29.1 Å². The zero-order chi connectivity index (χ0) is 17.3. The Morgan fingerprint density at radius 3 is 2.67 bits per heavy atom. The van der Waals surface area contributed by atoms with Crippen LogP contribution in [0.5, 0.6) is 0 Å². The van der Waals surface area contributed by atoms with Crippen LogP contribution >= 0.6 is 0 Å². The minimum Gasteiger partial charge on any atom is -0.351 e. The maximum absolute atomic E-state index is 12.7. The number of aromatic amines is 1. The fourth-order valence-electron chi connectivity index (χ4n) is 3.51. The Balaban J connectivity index is 1.96. The van der Waals surface area contributed by atoms with E-state index in [9.17, 15) is 9.59 Å². The van der Waals surface area contributed by atoms with Crippen molar-refractivity contribution < 1.29 is 4.79 Å². The smallest absolute Gasteiger partial charge is 0.258 e. The van der Waals surface area contributed by atoms with Crippen molar-refractivity contribution in [1.82, 2.24) is 15.3 Å². The van der Waals surface area contributed by atoms with Gasteiger partial charge in [-0.2, -0.15) is 0 Å². The van der Waals surface area contributed by atoms with Crippen molar-refractivity contribution in [3.05, 3.63) is 40.4 Å². The Labute approximate surface area is 141 Å². The second-order valence-corrected chi connectivity index (χ2v) is 7.71. The number of hydrogen-bond donors (Lipinski definition) is 2. The average molecular weight is 327 g/mol. The third-order valence-corrected chi connectivity index (χ3v) is 4.58. The molecule has 2 N–H and O–H groups in total. The summed E-state index contributed by atoms with van der Waals surface area (Å²) >= 11 is 0. The molecule has 0 unspecified atom stereocenters. The summed E-state index contributed by atoms with van der Waals surface area (Å²) in [6.45, 7) is 5.96. The van der Waals surface area contributed by atoms with Crippen molar-refractivity contribution in [2.75, 3.05) is 0 Å². The van der Waals surface area contributed by atoms with Crippen LogP contribution < -0.4 is 10.9 Å². The van der Waals surface area contributed by atoms with Crippen LogP contribution in [0.1, 0.15) is 58.2 Å². The van der Waals surface area contributed by atoms with Gasteiger partial charge in [0.25, 0.3) is 5.56 Å². The highest BCUT2D eigenvalue weighted by molar-refractivity contribution is 5.81. The number of fused-ring (bicyclic) bond motifs is 1. The van der Waals surface area contributed by atoms with Crippen molar-refractivity contribution in [1.29, 1.82) is 0 Å². The van der Waals surface area contributed by atoms with Crippen LogP contribution in [0.3, 0.4) is 0 Å². The first-order valence-corrected chi connectivity index (χ1v) is 8.66. The Bertz CT molecular complexity index is 804. The summed E-state index contributed by atoms with van der Waals surface area (Å²) in [5.74, 6) is 0.538. The highest BCUT2D eigenvalue weighted by Gasteiger charge is 2.35. The monoisotopic (exact) mass is 327 g/mol. The molecule has 1 fully saturated rings.